The van der Waals surface area contributed by atoms with Gasteiger partial charge < -0.3 is 4.74 Å². The average Bonchev–Trinajstić information content (AvgIpc) is 3.05. The molecule has 0 fully saturated rings. The fourth-order valence-corrected chi connectivity index (χ4v) is 2.61. The molecular weight excluding hydrogens is 266 g/mol. The van der Waals surface area contributed by atoms with E-state index in [9.17, 15) is 0 Å². The summed E-state index contributed by atoms with van der Waals surface area (Å²) in [6, 6.07) is 3.73. The molecule has 2 aromatic rings. The number of halogens is 1. The van der Waals surface area contributed by atoms with Gasteiger partial charge in [0, 0.05) is 11.4 Å². The number of aromatic amines is 1. The van der Waals surface area contributed by atoms with Gasteiger partial charge in [0.15, 0.2) is 0 Å². The van der Waals surface area contributed by atoms with Crippen LogP contribution >= 0.6 is 11.6 Å². The summed E-state index contributed by atoms with van der Waals surface area (Å²) in [6.07, 6.45) is 3.19. The molecule has 100 valence electrons. The number of hydrogen-bond acceptors (Lipinski definition) is 5. The van der Waals surface area contributed by atoms with Gasteiger partial charge in [-0.25, -0.2) is 0 Å². The van der Waals surface area contributed by atoms with Crippen molar-refractivity contribution in [1.82, 2.24) is 20.8 Å². The van der Waals surface area contributed by atoms with Crippen LogP contribution in [0.4, 0.5) is 0 Å². The number of H-pyrrole nitrogens is 1. The zero-order chi connectivity index (χ0) is 13.2. The third-order valence-corrected chi connectivity index (χ3v) is 3.46. The van der Waals surface area contributed by atoms with Gasteiger partial charge in [0.1, 0.15) is 11.4 Å². The molecule has 0 saturated heterocycles. The minimum atomic E-state index is -0.134. The number of hydrazine groups is 1. The average molecular weight is 280 g/mol. The van der Waals surface area contributed by atoms with E-state index in [1.54, 1.807) is 6.20 Å². The Morgan fingerprint density at radius 2 is 2.42 bits per heavy atom. The van der Waals surface area contributed by atoms with E-state index in [-0.39, 0.29) is 6.04 Å². The molecule has 0 saturated carbocycles. The Morgan fingerprint density at radius 3 is 3.16 bits per heavy atom. The maximum Gasteiger partial charge on any atom is 0.125 e. The van der Waals surface area contributed by atoms with Crippen LogP contribution in [-0.4, -0.2) is 22.0 Å². The Balaban J connectivity index is 1.90. The zero-order valence-electron chi connectivity index (χ0n) is 10.2. The van der Waals surface area contributed by atoms with Crippen LogP contribution in [0.3, 0.4) is 0 Å². The van der Waals surface area contributed by atoms with Gasteiger partial charge in [0.25, 0.3) is 0 Å². The first-order valence-corrected chi connectivity index (χ1v) is 6.41. The number of benzene rings is 1. The number of aromatic nitrogens is 3. The molecule has 4 N–H and O–H groups in total. The molecule has 7 heteroatoms. The molecule has 19 heavy (non-hydrogen) atoms. The Bertz CT molecular complexity index is 572. The molecule has 0 spiro atoms. The van der Waals surface area contributed by atoms with Crippen LogP contribution in [0.15, 0.2) is 18.3 Å². The molecule has 0 radical (unpaired) electrons. The molecule has 2 heterocycles. The molecule has 6 nitrogen and oxygen atoms in total. The molecule has 1 aliphatic heterocycles. The first kappa shape index (κ1) is 12.4. The molecule has 0 bridgehead atoms. The van der Waals surface area contributed by atoms with Crippen LogP contribution in [0.5, 0.6) is 5.75 Å². The monoisotopic (exact) mass is 279 g/mol. The normalized spacial score (nSPS) is 15.1. The van der Waals surface area contributed by atoms with Crippen LogP contribution < -0.4 is 16.0 Å². The van der Waals surface area contributed by atoms with Crippen molar-refractivity contribution < 1.29 is 4.74 Å². The first-order chi connectivity index (χ1) is 9.28. The highest BCUT2D eigenvalue weighted by Gasteiger charge is 2.21. The third-order valence-electron chi connectivity index (χ3n) is 3.24. The smallest absolute Gasteiger partial charge is 0.125 e. The summed E-state index contributed by atoms with van der Waals surface area (Å²) in [6.45, 7) is 0.702. The lowest BCUT2D eigenvalue weighted by atomic mass is 10.0. The number of nitrogens with two attached hydrogens (primary N) is 1. The van der Waals surface area contributed by atoms with Crippen molar-refractivity contribution in [3.05, 3.63) is 40.2 Å². The maximum atomic E-state index is 6.14. The second-order valence-corrected chi connectivity index (χ2v) is 4.91. The number of nitrogens with one attached hydrogen (secondary N) is 2. The molecule has 1 aliphatic rings. The number of nitrogens with zero attached hydrogens (tertiary/aromatic N) is 2. The lowest BCUT2D eigenvalue weighted by Crippen LogP contribution is -2.30. The fraction of sp³-hybridized carbons (Fsp3) is 0.333. The SMILES string of the molecule is NNC(Cc1cc(Cl)cc2c1OCC2)c1cn[nH]n1. The molecule has 1 aromatic heterocycles. The van der Waals surface area contributed by atoms with Crippen molar-refractivity contribution in [1.29, 1.82) is 0 Å². The predicted octanol–water partition coefficient (Wildman–Crippen LogP) is 1.14. The highest BCUT2D eigenvalue weighted by molar-refractivity contribution is 6.30. The van der Waals surface area contributed by atoms with E-state index >= 15 is 0 Å². The second-order valence-electron chi connectivity index (χ2n) is 4.47. The van der Waals surface area contributed by atoms with E-state index in [1.807, 2.05) is 12.1 Å². The van der Waals surface area contributed by atoms with Crippen LogP contribution in [0.25, 0.3) is 0 Å². The number of fused-ring (bicyclic) bond motifs is 1. The summed E-state index contributed by atoms with van der Waals surface area (Å²) in [7, 11) is 0. The van der Waals surface area contributed by atoms with E-state index in [0.29, 0.717) is 13.0 Å². The van der Waals surface area contributed by atoms with Gasteiger partial charge in [-0.2, -0.15) is 15.4 Å². The van der Waals surface area contributed by atoms with E-state index in [2.05, 4.69) is 20.8 Å². The number of ether oxygens (including phenoxy) is 1. The van der Waals surface area contributed by atoms with Crippen molar-refractivity contribution in [2.75, 3.05) is 6.61 Å². The summed E-state index contributed by atoms with van der Waals surface area (Å²) in [4.78, 5) is 0. The predicted molar refractivity (Wildman–Crippen MR) is 70.8 cm³/mol. The van der Waals surface area contributed by atoms with Gasteiger partial charge in [-0.05, 0) is 29.7 Å². The molecule has 0 aliphatic carbocycles. The summed E-state index contributed by atoms with van der Waals surface area (Å²) in [5, 5.41) is 11.1. The molecule has 3 rings (SSSR count). The lowest BCUT2D eigenvalue weighted by molar-refractivity contribution is 0.351. The minimum absolute atomic E-state index is 0.134. The second kappa shape index (κ2) is 5.16. The first-order valence-electron chi connectivity index (χ1n) is 6.04. The van der Waals surface area contributed by atoms with Gasteiger partial charge in [0.05, 0.1) is 18.8 Å². The van der Waals surface area contributed by atoms with Crippen LogP contribution in [0, 0.1) is 0 Å². The standard InChI is InChI=1S/C12H14ClN5O/c13-9-3-7-1-2-19-12(7)8(4-9)5-10(16-14)11-6-15-18-17-11/h3-4,6,10,16H,1-2,5,14H2,(H,15,17,18). The van der Waals surface area contributed by atoms with E-state index in [0.717, 1.165) is 34.0 Å². The van der Waals surface area contributed by atoms with Crippen molar-refractivity contribution in [2.45, 2.75) is 18.9 Å². The van der Waals surface area contributed by atoms with Gasteiger partial charge in [-0.1, -0.05) is 11.6 Å². The number of rotatable bonds is 4. The molecule has 1 atom stereocenters. The molecule has 1 unspecified atom stereocenters. The van der Waals surface area contributed by atoms with E-state index < -0.39 is 0 Å². The van der Waals surface area contributed by atoms with Crippen molar-refractivity contribution in [3.63, 3.8) is 0 Å². The van der Waals surface area contributed by atoms with Gasteiger partial charge in [-0.3, -0.25) is 11.3 Å². The topological polar surface area (TPSA) is 88.9 Å². The maximum absolute atomic E-state index is 6.14. The zero-order valence-corrected chi connectivity index (χ0v) is 10.9. The Labute approximate surface area is 115 Å². The summed E-state index contributed by atoms with van der Waals surface area (Å²) < 4.78 is 5.68. The van der Waals surface area contributed by atoms with Gasteiger partial charge in [0.2, 0.25) is 0 Å². The summed E-state index contributed by atoms with van der Waals surface area (Å²) in [5.41, 5.74) is 5.69. The van der Waals surface area contributed by atoms with Gasteiger partial charge >= 0.3 is 0 Å². The van der Waals surface area contributed by atoms with Crippen molar-refractivity contribution >= 4 is 11.6 Å². The Kier molecular flexibility index (Phi) is 3.37. The lowest BCUT2D eigenvalue weighted by Gasteiger charge is -2.15. The Hall–Kier alpha value is -1.63. The largest absolute Gasteiger partial charge is 0.493 e. The van der Waals surface area contributed by atoms with E-state index in [4.69, 9.17) is 22.2 Å². The fourth-order valence-electron chi connectivity index (χ4n) is 2.34. The number of hydrogen-bond donors (Lipinski definition) is 3. The quantitative estimate of drug-likeness (QED) is 0.577. The molecular formula is C12H14ClN5O. The van der Waals surface area contributed by atoms with Crippen LogP contribution in [0.2, 0.25) is 5.02 Å². The summed E-state index contributed by atoms with van der Waals surface area (Å²) >= 11 is 6.14. The molecule has 0 amide bonds. The summed E-state index contributed by atoms with van der Waals surface area (Å²) in [5.74, 6) is 6.51. The van der Waals surface area contributed by atoms with Crippen LogP contribution in [0.1, 0.15) is 22.9 Å². The highest BCUT2D eigenvalue weighted by Crippen LogP contribution is 2.34. The molecule has 1 aromatic carbocycles. The minimum Gasteiger partial charge on any atom is -0.493 e. The van der Waals surface area contributed by atoms with Crippen molar-refractivity contribution in [3.8, 4) is 5.75 Å². The van der Waals surface area contributed by atoms with Crippen LogP contribution in [-0.2, 0) is 12.8 Å². The van der Waals surface area contributed by atoms with Gasteiger partial charge in [-0.15, -0.1) is 0 Å². The third kappa shape index (κ3) is 2.42. The van der Waals surface area contributed by atoms with Crippen molar-refractivity contribution in [2.24, 2.45) is 5.84 Å². The van der Waals surface area contributed by atoms with E-state index in [1.165, 1.54) is 0 Å². The highest BCUT2D eigenvalue weighted by atomic mass is 35.5. The Morgan fingerprint density at radius 1 is 1.53 bits per heavy atom.